The number of benzene rings is 4. The number of nitriles is 1. The van der Waals surface area contributed by atoms with E-state index in [4.69, 9.17) is 9.47 Å². The van der Waals surface area contributed by atoms with Gasteiger partial charge in [0.1, 0.15) is 30.5 Å². The van der Waals surface area contributed by atoms with E-state index in [1.54, 1.807) is 12.1 Å². The third-order valence-electron chi connectivity index (χ3n) is 6.36. The van der Waals surface area contributed by atoms with E-state index in [2.05, 4.69) is 47.6 Å². The maximum Gasteiger partial charge on any atom is 0.134 e. The number of nitrogens with one attached hydrogen (secondary N) is 1. The standard InChI is InChI=1S/C33H33N3O4/c1-24-28(11-6-12-30(24)27-9-3-2-4-10-27)23-39-29-13-14-31(33(35-15-17-37)36-16-18-38)32(20-29)40-22-26-8-5-7-25(19-26)21-34/h2-14,19-20,37-38H,15-18,22-23H2,1H3,(H,35,36). The summed E-state index contributed by atoms with van der Waals surface area (Å²) in [6.07, 6.45) is 0. The number of ether oxygens (including phenoxy) is 2. The molecule has 0 heterocycles. The van der Waals surface area contributed by atoms with Crippen molar-refractivity contribution in [2.45, 2.75) is 20.1 Å². The van der Waals surface area contributed by atoms with Gasteiger partial charge < -0.3 is 25.0 Å². The van der Waals surface area contributed by atoms with Crippen LogP contribution < -0.4 is 14.8 Å². The van der Waals surface area contributed by atoms with Crippen LogP contribution in [0.5, 0.6) is 11.5 Å². The first-order valence-corrected chi connectivity index (χ1v) is 13.2. The van der Waals surface area contributed by atoms with Crippen molar-refractivity contribution in [2.75, 3.05) is 26.3 Å². The van der Waals surface area contributed by atoms with E-state index in [-0.39, 0.29) is 26.4 Å². The fourth-order valence-corrected chi connectivity index (χ4v) is 4.30. The molecule has 0 saturated heterocycles. The highest BCUT2D eigenvalue weighted by atomic mass is 16.5. The molecule has 3 N–H and O–H groups in total. The first-order chi connectivity index (χ1) is 19.6. The van der Waals surface area contributed by atoms with E-state index in [9.17, 15) is 15.5 Å². The summed E-state index contributed by atoms with van der Waals surface area (Å²) in [5.41, 5.74) is 6.64. The Labute approximate surface area is 235 Å². The second kappa shape index (κ2) is 14.5. The second-order valence-corrected chi connectivity index (χ2v) is 9.11. The van der Waals surface area contributed by atoms with Crippen molar-refractivity contribution in [2.24, 2.45) is 4.99 Å². The number of rotatable bonds is 12. The lowest BCUT2D eigenvalue weighted by atomic mass is 9.97. The van der Waals surface area contributed by atoms with Crippen LogP contribution in [0.1, 0.15) is 27.8 Å². The molecule has 0 unspecified atom stereocenters. The average Bonchev–Trinajstić information content (AvgIpc) is 3.00. The fraction of sp³-hybridized carbons (Fsp3) is 0.212. The van der Waals surface area contributed by atoms with E-state index in [0.717, 1.165) is 22.3 Å². The zero-order valence-electron chi connectivity index (χ0n) is 22.5. The molecule has 0 atom stereocenters. The molecule has 0 amide bonds. The van der Waals surface area contributed by atoms with Crippen molar-refractivity contribution >= 4 is 5.84 Å². The summed E-state index contributed by atoms with van der Waals surface area (Å²) in [5, 5.41) is 31.0. The van der Waals surface area contributed by atoms with E-state index in [0.29, 0.717) is 41.6 Å². The van der Waals surface area contributed by atoms with Gasteiger partial charge in [-0.2, -0.15) is 5.26 Å². The largest absolute Gasteiger partial charge is 0.489 e. The van der Waals surface area contributed by atoms with Crippen LogP contribution in [-0.2, 0) is 13.2 Å². The van der Waals surface area contributed by atoms with Crippen molar-refractivity contribution in [1.29, 1.82) is 5.26 Å². The molecule has 4 aromatic rings. The van der Waals surface area contributed by atoms with Crippen LogP contribution in [0.4, 0.5) is 0 Å². The molecular weight excluding hydrogens is 502 g/mol. The van der Waals surface area contributed by atoms with Crippen LogP contribution in [0.2, 0.25) is 0 Å². The third kappa shape index (κ3) is 7.48. The second-order valence-electron chi connectivity index (χ2n) is 9.11. The van der Waals surface area contributed by atoms with Gasteiger partial charge in [-0.3, -0.25) is 4.99 Å². The Kier molecular flexibility index (Phi) is 10.3. The Bertz CT molecular complexity index is 1480. The van der Waals surface area contributed by atoms with E-state index in [1.165, 1.54) is 5.56 Å². The molecule has 0 aliphatic heterocycles. The van der Waals surface area contributed by atoms with E-state index >= 15 is 0 Å². The lowest BCUT2D eigenvalue weighted by Gasteiger charge is -2.17. The fourth-order valence-electron chi connectivity index (χ4n) is 4.30. The molecular formula is C33H33N3O4. The highest BCUT2D eigenvalue weighted by Gasteiger charge is 2.14. The Hall–Kier alpha value is -4.64. The highest BCUT2D eigenvalue weighted by molar-refractivity contribution is 6.01. The molecule has 4 aromatic carbocycles. The highest BCUT2D eigenvalue weighted by Crippen LogP contribution is 2.29. The SMILES string of the molecule is Cc1c(COc2ccc(/C(=N/CCO)NCCO)c(OCc3cccc(C#N)c3)c2)cccc1-c1ccccc1. The van der Waals surface area contributed by atoms with Crippen molar-refractivity contribution in [3.05, 3.63) is 119 Å². The number of hydrogen-bond donors (Lipinski definition) is 3. The zero-order valence-corrected chi connectivity index (χ0v) is 22.5. The van der Waals surface area contributed by atoms with Crippen molar-refractivity contribution in [3.8, 4) is 28.7 Å². The summed E-state index contributed by atoms with van der Waals surface area (Å²) < 4.78 is 12.4. The molecule has 0 bridgehead atoms. The Balaban J connectivity index is 1.60. The summed E-state index contributed by atoms with van der Waals surface area (Å²) in [7, 11) is 0. The maximum atomic E-state index is 9.35. The predicted molar refractivity (Wildman–Crippen MR) is 156 cm³/mol. The van der Waals surface area contributed by atoms with Crippen LogP contribution in [0.15, 0.2) is 96.0 Å². The summed E-state index contributed by atoms with van der Waals surface area (Å²) in [4.78, 5) is 4.45. The summed E-state index contributed by atoms with van der Waals surface area (Å²) in [6, 6.07) is 31.4. The van der Waals surface area contributed by atoms with Crippen molar-refractivity contribution in [3.63, 3.8) is 0 Å². The van der Waals surface area contributed by atoms with Crippen LogP contribution in [0, 0.1) is 18.3 Å². The zero-order chi connectivity index (χ0) is 28.2. The van der Waals surface area contributed by atoms with Gasteiger partial charge in [0.05, 0.1) is 37.0 Å². The van der Waals surface area contributed by atoms with Gasteiger partial charge in [0.2, 0.25) is 0 Å². The van der Waals surface area contributed by atoms with Gasteiger partial charge in [-0.15, -0.1) is 0 Å². The molecule has 0 saturated carbocycles. The van der Waals surface area contributed by atoms with E-state index in [1.807, 2.05) is 54.6 Å². The molecule has 40 heavy (non-hydrogen) atoms. The summed E-state index contributed by atoms with van der Waals surface area (Å²) in [5.74, 6) is 1.65. The number of nitrogens with zero attached hydrogens (tertiary/aromatic N) is 2. The van der Waals surface area contributed by atoms with Gasteiger partial charge in [0, 0.05) is 12.6 Å². The number of aliphatic hydroxyl groups excluding tert-OH is 2. The summed E-state index contributed by atoms with van der Waals surface area (Å²) in [6.45, 7) is 3.03. The monoisotopic (exact) mass is 535 g/mol. The number of aliphatic hydroxyl groups is 2. The molecule has 7 nitrogen and oxygen atoms in total. The molecule has 204 valence electrons. The van der Waals surface area contributed by atoms with Crippen LogP contribution in [0.25, 0.3) is 11.1 Å². The van der Waals surface area contributed by atoms with Crippen molar-refractivity contribution in [1.82, 2.24) is 5.32 Å². The first-order valence-electron chi connectivity index (χ1n) is 13.2. The lowest BCUT2D eigenvalue weighted by molar-refractivity contribution is 0.288. The van der Waals surface area contributed by atoms with Crippen LogP contribution >= 0.6 is 0 Å². The maximum absolute atomic E-state index is 9.35. The van der Waals surface area contributed by atoms with Gasteiger partial charge >= 0.3 is 0 Å². The van der Waals surface area contributed by atoms with Gasteiger partial charge in [0.15, 0.2) is 0 Å². The number of aliphatic imine (C=N–C) groups is 1. The normalized spacial score (nSPS) is 11.1. The first kappa shape index (κ1) is 28.4. The summed E-state index contributed by atoms with van der Waals surface area (Å²) >= 11 is 0. The average molecular weight is 536 g/mol. The lowest BCUT2D eigenvalue weighted by Crippen LogP contribution is -2.28. The molecule has 0 aliphatic carbocycles. The molecule has 0 aliphatic rings. The predicted octanol–water partition coefficient (Wildman–Crippen LogP) is 5.01. The molecule has 0 radical (unpaired) electrons. The molecule has 4 rings (SSSR count). The van der Waals surface area contributed by atoms with Crippen LogP contribution in [0.3, 0.4) is 0 Å². The Morgan fingerprint density at radius 3 is 2.48 bits per heavy atom. The number of amidine groups is 1. The number of hydrogen-bond acceptors (Lipinski definition) is 6. The van der Waals surface area contributed by atoms with Crippen molar-refractivity contribution < 1.29 is 19.7 Å². The molecule has 7 heteroatoms. The smallest absolute Gasteiger partial charge is 0.134 e. The van der Waals surface area contributed by atoms with Crippen LogP contribution in [-0.4, -0.2) is 42.4 Å². The minimum atomic E-state index is -0.107. The van der Waals surface area contributed by atoms with Gasteiger partial charge in [-0.25, -0.2) is 0 Å². The minimum absolute atomic E-state index is 0.0715. The molecule has 0 fully saturated rings. The van der Waals surface area contributed by atoms with Gasteiger partial charge in [0.25, 0.3) is 0 Å². The van der Waals surface area contributed by atoms with Gasteiger partial charge in [-0.1, -0.05) is 60.7 Å². The Morgan fingerprint density at radius 2 is 1.70 bits per heavy atom. The molecule has 0 aromatic heterocycles. The van der Waals surface area contributed by atoms with E-state index < -0.39 is 0 Å². The minimum Gasteiger partial charge on any atom is -0.489 e. The quantitative estimate of drug-likeness (QED) is 0.174. The molecule has 0 spiro atoms. The Morgan fingerprint density at radius 1 is 0.875 bits per heavy atom. The van der Waals surface area contributed by atoms with Gasteiger partial charge in [-0.05, 0) is 59.0 Å². The topological polar surface area (TPSA) is 107 Å². The third-order valence-corrected chi connectivity index (χ3v) is 6.36.